The van der Waals surface area contributed by atoms with Gasteiger partial charge in [0.15, 0.2) is 6.10 Å². The highest BCUT2D eigenvalue weighted by atomic mass is 32.2. The van der Waals surface area contributed by atoms with Gasteiger partial charge in [-0.15, -0.1) is 0 Å². The number of nitrogens with one attached hydrogen (secondary N) is 1. The summed E-state index contributed by atoms with van der Waals surface area (Å²) in [5.41, 5.74) is 2.36. The molecule has 1 aliphatic heterocycles. The number of ether oxygens (including phenoxy) is 1. The molecule has 24 heavy (non-hydrogen) atoms. The summed E-state index contributed by atoms with van der Waals surface area (Å²) < 4.78 is 32.7. The van der Waals surface area contributed by atoms with E-state index in [0.717, 1.165) is 11.1 Å². The molecule has 2 aromatic rings. The van der Waals surface area contributed by atoms with Crippen molar-refractivity contribution in [3.05, 3.63) is 71.3 Å². The maximum atomic E-state index is 12.5. The van der Waals surface area contributed by atoms with Crippen molar-refractivity contribution >= 4 is 15.9 Å². The van der Waals surface area contributed by atoms with Crippen LogP contribution in [0.3, 0.4) is 0 Å². The fourth-order valence-corrected chi connectivity index (χ4v) is 3.88. The predicted molar refractivity (Wildman–Crippen MR) is 90.8 cm³/mol. The van der Waals surface area contributed by atoms with Crippen LogP contribution in [0, 0.1) is 0 Å². The fourth-order valence-electron chi connectivity index (χ4n) is 2.80. The van der Waals surface area contributed by atoms with Gasteiger partial charge in [-0.05, 0) is 30.0 Å². The van der Waals surface area contributed by atoms with Crippen molar-refractivity contribution in [2.24, 2.45) is 0 Å². The first-order valence-electron chi connectivity index (χ1n) is 7.79. The smallest absolute Gasteiger partial charge is 0.267 e. The normalized spacial score (nSPS) is 18.5. The second-order valence-electron chi connectivity index (χ2n) is 5.76. The van der Waals surface area contributed by atoms with E-state index in [0.29, 0.717) is 18.6 Å². The lowest BCUT2D eigenvalue weighted by molar-refractivity contribution is -0.132. The van der Waals surface area contributed by atoms with Gasteiger partial charge in [0.1, 0.15) is 5.25 Å². The van der Waals surface area contributed by atoms with Crippen LogP contribution in [-0.2, 0) is 26.0 Å². The largest absolute Gasteiger partial charge is 0.363 e. The van der Waals surface area contributed by atoms with Crippen molar-refractivity contribution in [1.82, 2.24) is 4.72 Å². The van der Waals surface area contributed by atoms with E-state index in [-0.39, 0.29) is 0 Å². The molecule has 0 fully saturated rings. The summed E-state index contributed by atoms with van der Waals surface area (Å²) in [7, 11) is -3.84. The molecule has 2 atom stereocenters. The molecule has 3 rings (SSSR count). The first-order chi connectivity index (χ1) is 11.5. The molecule has 2 aromatic carbocycles. The van der Waals surface area contributed by atoms with Crippen molar-refractivity contribution in [2.45, 2.75) is 24.7 Å². The average molecular weight is 345 g/mol. The molecule has 6 heteroatoms. The molecule has 5 nitrogen and oxygen atoms in total. The number of benzene rings is 2. The molecule has 0 saturated heterocycles. The maximum absolute atomic E-state index is 12.5. The SMILES string of the molecule is C[C@H](c1ccccc1)S(=O)(=O)NC(=O)[C@H]1OCCc2ccccc21. The zero-order chi connectivity index (χ0) is 17.2. The van der Waals surface area contributed by atoms with Crippen LogP contribution in [0.15, 0.2) is 54.6 Å². The average Bonchev–Trinajstić information content (AvgIpc) is 2.61. The first-order valence-corrected chi connectivity index (χ1v) is 9.33. The summed E-state index contributed by atoms with van der Waals surface area (Å²) in [4.78, 5) is 12.5. The summed E-state index contributed by atoms with van der Waals surface area (Å²) in [5, 5.41) is -0.832. The molecule has 0 spiro atoms. The summed E-state index contributed by atoms with van der Waals surface area (Å²) >= 11 is 0. The molecule has 0 unspecified atom stereocenters. The molecular weight excluding hydrogens is 326 g/mol. The Morgan fingerprint density at radius 2 is 1.79 bits per heavy atom. The Kier molecular flexibility index (Phi) is 4.69. The van der Waals surface area contributed by atoms with E-state index in [9.17, 15) is 13.2 Å². The first kappa shape index (κ1) is 16.7. The van der Waals surface area contributed by atoms with Crippen LogP contribution < -0.4 is 4.72 Å². The third-order valence-corrected chi connectivity index (χ3v) is 5.90. The topological polar surface area (TPSA) is 72.5 Å². The Balaban J connectivity index is 1.80. The van der Waals surface area contributed by atoms with Gasteiger partial charge in [-0.2, -0.15) is 0 Å². The molecule has 126 valence electrons. The van der Waals surface area contributed by atoms with Crippen molar-refractivity contribution in [3.8, 4) is 0 Å². The van der Waals surface area contributed by atoms with Crippen LogP contribution in [0.5, 0.6) is 0 Å². The lowest BCUT2D eigenvalue weighted by Crippen LogP contribution is -2.39. The molecule has 0 saturated carbocycles. The molecule has 1 N–H and O–H groups in total. The predicted octanol–water partition coefficient (Wildman–Crippen LogP) is 2.51. The van der Waals surface area contributed by atoms with Gasteiger partial charge >= 0.3 is 0 Å². The van der Waals surface area contributed by atoms with Gasteiger partial charge in [0.2, 0.25) is 10.0 Å². The number of carbonyl (C=O) groups is 1. The Morgan fingerprint density at radius 3 is 2.54 bits per heavy atom. The third-order valence-electron chi connectivity index (χ3n) is 4.21. The van der Waals surface area contributed by atoms with E-state index >= 15 is 0 Å². The van der Waals surface area contributed by atoms with Crippen molar-refractivity contribution in [2.75, 3.05) is 6.61 Å². The monoisotopic (exact) mass is 345 g/mol. The number of sulfonamides is 1. The Labute approximate surface area is 141 Å². The summed E-state index contributed by atoms with van der Waals surface area (Å²) in [6.07, 6.45) is -0.180. The lowest BCUT2D eigenvalue weighted by Gasteiger charge is -2.25. The number of fused-ring (bicyclic) bond motifs is 1. The molecule has 1 aliphatic rings. The van der Waals surface area contributed by atoms with Gasteiger partial charge in [-0.3, -0.25) is 9.52 Å². The highest BCUT2D eigenvalue weighted by molar-refractivity contribution is 7.90. The van der Waals surface area contributed by atoms with Crippen LogP contribution in [-0.4, -0.2) is 20.9 Å². The number of hydrogen-bond donors (Lipinski definition) is 1. The third kappa shape index (κ3) is 3.34. The lowest BCUT2D eigenvalue weighted by atomic mass is 9.97. The Hall–Kier alpha value is -2.18. The molecule has 1 heterocycles. The minimum atomic E-state index is -3.84. The zero-order valence-corrected chi connectivity index (χ0v) is 14.1. The van der Waals surface area contributed by atoms with Gasteiger partial charge in [-0.1, -0.05) is 54.6 Å². The molecule has 0 bridgehead atoms. The van der Waals surface area contributed by atoms with Gasteiger partial charge in [0.25, 0.3) is 5.91 Å². The van der Waals surface area contributed by atoms with Crippen LogP contribution in [0.25, 0.3) is 0 Å². The van der Waals surface area contributed by atoms with Crippen molar-refractivity contribution < 1.29 is 17.9 Å². The highest BCUT2D eigenvalue weighted by Crippen LogP contribution is 2.28. The molecule has 0 radical (unpaired) electrons. The quantitative estimate of drug-likeness (QED) is 0.924. The minimum absolute atomic E-state index is 0.392. The van der Waals surface area contributed by atoms with Crippen LogP contribution in [0.1, 0.15) is 35.0 Å². The van der Waals surface area contributed by atoms with Gasteiger partial charge < -0.3 is 4.74 Å². The number of carbonyl (C=O) groups excluding carboxylic acids is 1. The Bertz CT molecular complexity index is 833. The van der Waals surface area contributed by atoms with E-state index in [1.807, 2.05) is 24.3 Å². The Morgan fingerprint density at radius 1 is 1.12 bits per heavy atom. The van der Waals surface area contributed by atoms with Crippen LogP contribution >= 0.6 is 0 Å². The van der Waals surface area contributed by atoms with E-state index < -0.39 is 27.3 Å². The number of amides is 1. The second kappa shape index (κ2) is 6.75. The molecular formula is C18H19NO4S. The second-order valence-corrected chi connectivity index (χ2v) is 7.77. The summed E-state index contributed by atoms with van der Waals surface area (Å²) in [6, 6.07) is 16.2. The van der Waals surface area contributed by atoms with Gasteiger partial charge in [-0.25, -0.2) is 8.42 Å². The standard InChI is InChI=1S/C18H19NO4S/c1-13(14-7-3-2-4-8-14)24(21,22)19-18(20)17-16-10-6-5-9-15(16)11-12-23-17/h2-10,13,17H,11-12H2,1H3,(H,19,20)/t13-,17+/m1/s1. The van der Waals surface area contributed by atoms with Gasteiger partial charge in [0, 0.05) is 0 Å². The summed E-state index contributed by atoms with van der Waals surface area (Å²) in [5.74, 6) is -0.648. The maximum Gasteiger partial charge on any atom is 0.267 e. The zero-order valence-electron chi connectivity index (χ0n) is 13.3. The molecule has 0 aromatic heterocycles. The van der Waals surface area contributed by atoms with E-state index in [4.69, 9.17) is 4.74 Å². The highest BCUT2D eigenvalue weighted by Gasteiger charge is 2.32. The van der Waals surface area contributed by atoms with E-state index in [1.165, 1.54) is 0 Å². The van der Waals surface area contributed by atoms with E-state index in [2.05, 4.69) is 4.72 Å². The van der Waals surface area contributed by atoms with Gasteiger partial charge in [0.05, 0.1) is 6.61 Å². The number of hydrogen-bond acceptors (Lipinski definition) is 4. The van der Waals surface area contributed by atoms with Crippen molar-refractivity contribution in [3.63, 3.8) is 0 Å². The number of rotatable bonds is 4. The minimum Gasteiger partial charge on any atom is -0.363 e. The summed E-state index contributed by atoms with van der Waals surface area (Å²) in [6.45, 7) is 1.95. The van der Waals surface area contributed by atoms with E-state index in [1.54, 1.807) is 37.3 Å². The van der Waals surface area contributed by atoms with Crippen LogP contribution in [0.4, 0.5) is 0 Å². The van der Waals surface area contributed by atoms with Crippen LogP contribution in [0.2, 0.25) is 0 Å². The molecule has 0 aliphatic carbocycles. The molecule has 1 amide bonds. The fraction of sp³-hybridized carbons (Fsp3) is 0.278. The van der Waals surface area contributed by atoms with Crippen molar-refractivity contribution in [1.29, 1.82) is 0 Å².